The number of hydrogen-bond donors (Lipinski definition) is 1. The third-order valence-electron chi connectivity index (χ3n) is 4.60. The van der Waals surface area contributed by atoms with Gasteiger partial charge in [-0.3, -0.25) is 4.98 Å². The molecule has 2 aliphatic heterocycles. The first-order valence-corrected chi connectivity index (χ1v) is 9.18. The van der Waals surface area contributed by atoms with Gasteiger partial charge < -0.3 is 23.9 Å². The summed E-state index contributed by atoms with van der Waals surface area (Å²) in [5.41, 5.74) is 2.14. The molecule has 0 aliphatic carbocycles. The molecular formula is C18H19ClN4O5. The topological polar surface area (TPSA) is 111 Å². The van der Waals surface area contributed by atoms with E-state index in [2.05, 4.69) is 15.2 Å². The number of carbonyl (C=O) groups is 1. The van der Waals surface area contributed by atoms with Crippen molar-refractivity contribution in [3.8, 4) is 11.5 Å². The van der Waals surface area contributed by atoms with Crippen LogP contribution in [0.25, 0.3) is 17.0 Å². The van der Waals surface area contributed by atoms with Crippen LogP contribution in [0.3, 0.4) is 0 Å². The fourth-order valence-corrected chi connectivity index (χ4v) is 3.43. The highest BCUT2D eigenvalue weighted by molar-refractivity contribution is 6.32. The van der Waals surface area contributed by atoms with Crippen molar-refractivity contribution in [3.63, 3.8) is 0 Å². The Hall–Kier alpha value is -2.49. The van der Waals surface area contributed by atoms with Crippen molar-refractivity contribution >= 4 is 23.3 Å². The van der Waals surface area contributed by atoms with Gasteiger partial charge in [0, 0.05) is 19.3 Å². The number of rotatable bonds is 3. The van der Waals surface area contributed by atoms with Gasteiger partial charge in [0.25, 0.3) is 0 Å². The van der Waals surface area contributed by atoms with Crippen molar-refractivity contribution in [1.82, 2.24) is 20.1 Å². The molecule has 4 rings (SSSR count). The molecule has 148 valence electrons. The normalized spacial score (nSPS) is 21.6. The van der Waals surface area contributed by atoms with Crippen LogP contribution in [-0.2, 0) is 9.47 Å². The number of carboxylic acid groups (broad SMARTS) is 1. The summed E-state index contributed by atoms with van der Waals surface area (Å²) in [7, 11) is 0. The molecule has 9 nitrogen and oxygen atoms in total. The first kappa shape index (κ1) is 18.9. The minimum Gasteiger partial charge on any atom is -0.465 e. The second-order valence-electron chi connectivity index (χ2n) is 7.03. The highest BCUT2D eigenvalue weighted by Gasteiger charge is 2.36. The molecule has 0 aromatic carbocycles. The Morgan fingerprint density at radius 2 is 2.21 bits per heavy atom. The fourth-order valence-electron chi connectivity index (χ4n) is 3.14. The summed E-state index contributed by atoms with van der Waals surface area (Å²) in [6.45, 7) is 4.71. The molecule has 0 spiro atoms. The summed E-state index contributed by atoms with van der Waals surface area (Å²) in [4.78, 5) is 16.8. The summed E-state index contributed by atoms with van der Waals surface area (Å²) >= 11 is 6.42. The molecule has 1 unspecified atom stereocenters. The van der Waals surface area contributed by atoms with Crippen LogP contribution in [0.15, 0.2) is 22.8 Å². The van der Waals surface area contributed by atoms with E-state index in [1.807, 2.05) is 19.9 Å². The van der Waals surface area contributed by atoms with E-state index in [1.165, 1.54) is 4.90 Å². The standard InChI is InChI=1S/C18H19ClN4O5/c1-18(2)26-9-13(28-18)16-22-21-15(27-16)11-7-12(19)14(20-8-11)10-3-5-23(6-4-10)17(24)25/h3,7-8,13H,4-6,9H2,1-2H3,(H,24,25). The number of aromatic nitrogens is 3. The third kappa shape index (κ3) is 3.73. The van der Waals surface area contributed by atoms with Gasteiger partial charge in [-0.2, -0.15) is 0 Å². The third-order valence-corrected chi connectivity index (χ3v) is 4.88. The van der Waals surface area contributed by atoms with E-state index >= 15 is 0 Å². The average Bonchev–Trinajstić information content (AvgIpc) is 3.28. The van der Waals surface area contributed by atoms with Gasteiger partial charge in [-0.25, -0.2) is 4.79 Å². The molecule has 1 N–H and O–H groups in total. The van der Waals surface area contributed by atoms with E-state index < -0.39 is 18.0 Å². The maximum atomic E-state index is 11.0. The zero-order valence-corrected chi connectivity index (χ0v) is 16.1. The molecule has 0 bridgehead atoms. The summed E-state index contributed by atoms with van der Waals surface area (Å²) in [6, 6.07) is 1.71. The molecule has 1 atom stereocenters. The van der Waals surface area contributed by atoms with Crippen molar-refractivity contribution in [2.45, 2.75) is 32.2 Å². The number of halogens is 1. The van der Waals surface area contributed by atoms with Crippen LogP contribution in [0.1, 0.15) is 38.0 Å². The largest absolute Gasteiger partial charge is 0.465 e. The van der Waals surface area contributed by atoms with E-state index in [0.717, 1.165) is 5.57 Å². The van der Waals surface area contributed by atoms with Crippen LogP contribution in [-0.4, -0.2) is 56.8 Å². The van der Waals surface area contributed by atoms with Crippen LogP contribution < -0.4 is 0 Å². The Morgan fingerprint density at radius 1 is 1.39 bits per heavy atom. The lowest BCUT2D eigenvalue weighted by atomic mass is 10.0. The predicted molar refractivity (Wildman–Crippen MR) is 98.6 cm³/mol. The van der Waals surface area contributed by atoms with Gasteiger partial charge in [0.15, 0.2) is 11.9 Å². The molecule has 0 saturated carbocycles. The lowest BCUT2D eigenvalue weighted by molar-refractivity contribution is -0.141. The maximum Gasteiger partial charge on any atom is 0.407 e. The van der Waals surface area contributed by atoms with Crippen molar-refractivity contribution in [2.24, 2.45) is 0 Å². The molecule has 10 heteroatoms. The number of pyridine rings is 1. The van der Waals surface area contributed by atoms with E-state index in [-0.39, 0.29) is 0 Å². The smallest absolute Gasteiger partial charge is 0.407 e. The fraction of sp³-hybridized carbons (Fsp3) is 0.444. The monoisotopic (exact) mass is 406 g/mol. The van der Waals surface area contributed by atoms with Gasteiger partial charge in [-0.1, -0.05) is 17.7 Å². The summed E-state index contributed by atoms with van der Waals surface area (Å²) in [5, 5.41) is 17.6. The van der Waals surface area contributed by atoms with E-state index in [4.69, 9.17) is 30.6 Å². The van der Waals surface area contributed by atoms with Gasteiger partial charge in [-0.15, -0.1) is 10.2 Å². The number of ether oxygens (including phenoxy) is 2. The minimum absolute atomic E-state index is 0.291. The summed E-state index contributed by atoms with van der Waals surface area (Å²) in [5.74, 6) is -0.0566. The lowest BCUT2D eigenvalue weighted by Gasteiger charge is -2.23. The Morgan fingerprint density at radius 3 is 2.82 bits per heavy atom. The lowest BCUT2D eigenvalue weighted by Crippen LogP contribution is -2.33. The zero-order valence-electron chi connectivity index (χ0n) is 15.4. The first-order chi connectivity index (χ1) is 13.3. The van der Waals surface area contributed by atoms with Gasteiger partial charge in [-0.05, 0) is 31.9 Å². The van der Waals surface area contributed by atoms with Gasteiger partial charge in [0.1, 0.15) is 0 Å². The van der Waals surface area contributed by atoms with Gasteiger partial charge in [0.05, 0.1) is 22.9 Å². The molecule has 0 radical (unpaired) electrons. The molecule has 1 fully saturated rings. The second kappa shape index (κ2) is 7.16. The van der Waals surface area contributed by atoms with Crippen molar-refractivity contribution < 1.29 is 23.8 Å². The average molecular weight is 407 g/mol. The van der Waals surface area contributed by atoms with Gasteiger partial charge >= 0.3 is 6.09 Å². The molecule has 1 amide bonds. The first-order valence-electron chi connectivity index (χ1n) is 8.81. The number of amides is 1. The van der Waals surface area contributed by atoms with Crippen molar-refractivity contribution in [2.75, 3.05) is 19.7 Å². The molecule has 28 heavy (non-hydrogen) atoms. The number of nitrogens with zero attached hydrogens (tertiary/aromatic N) is 4. The second-order valence-corrected chi connectivity index (χ2v) is 7.43. The summed E-state index contributed by atoms with van der Waals surface area (Å²) < 4.78 is 17.0. The molecule has 1 saturated heterocycles. The van der Waals surface area contributed by atoms with E-state index in [0.29, 0.717) is 54.2 Å². The SMILES string of the molecule is CC1(C)OCC(c2nnc(-c3cnc(C4=CCN(C(=O)O)CC4)c(Cl)c3)o2)O1. The van der Waals surface area contributed by atoms with Crippen LogP contribution in [0.4, 0.5) is 4.79 Å². The molecular weight excluding hydrogens is 388 g/mol. The van der Waals surface area contributed by atoms with Crippen LogP contribution in [0.2, 0.25) is 5.02 Å². The number of hydrogen-bond acceptors (Lipinski definition) is 7. The Labute approximate surface area is 165 Å². The highest BCUT2D eigenvalue weighted by Crippen LogP contribution is 2.34. The maximum absolute atomic E-state index is 11.0. The molecule has 4 heterocycles. The predicted octanol–water partition coefficient (Wildman–Crippen LogP) is 3.38. The van der Waals surface area contributed by atoms with Crippen molar-refractivity contribution in [3.05, 3.63) is 34.9 Å². The van der Waals surface area contributed by atoms with Crippen molar-refractivity contribution in [1.29, 1.82) is 0 Å². The molecule has 2 aliphatic rings. The Bertz CT molecular complexity index is 942. The Balaban J connectivity index is 1.52. The summed E-state index contributed by atoms with van der Waals surface area (Å²) in [6.07, 6.45) is 2.65. The minimum atomic E-state index is -0.933. The van der Waals surface area contributed by atoms with Crippen LogP contribution >= 0.6 is 11.6 Å². The molecule has 2 aromatic heterocycles. The van der Waals surface area contributed by atoms with Gasteiger partial charge in [0.2, 0.25) is 11.8 Å². The van der Waals surface area contributed by atoms with E-state index in [9.17, 15) is 4.79 Å². The van der Waals surface area contributed by atoms with Crippen LogP contribution in [0, 0.1) is 0 Å². The Kier molecular flexibility index (Phi) is 4.82. The highest BCUT2D eigenvalue weighted by atomic mass is 35.5. The zero-order chi connectivity index (χ0) is 19.9. The molecule has 2 aromatic rings. The van der Waals surface area contributed by atoms with E-state index in [1.54, 1.807) is 12.3 Å². The quantitative estimate of drug-likeness (QED) is 0.825. The van der Waals surface area contributed by atoms with Crippen LogP contribution in [0.5, 0.6) is 0 Å².